The number of morpholine rings is 1. The second-order valence-electron chi connectivity index (χ2n) is 11.0. The Morgan fingerprint density at radius 3 is 2.67 bits per heavy atom. The summed E-state index contributed by atoms with van der Waals surface area (Å²) in [7, 11) is -3.16. The minimum atomic E-state index is -3.16. The zero-order valence-corrected chi connectivity index (χ0v) is 25.4. The molecule has 0 bridgehead atoms. The van der Waals surface area contributed by atoms with Gasteiger partial charge in [0, 0.05) is 29.0 Å². The number of fused-ring (bicyclic) bond motifs is 4. The molecule has 0 aliphatic carbocycles. The van der Waals surface area contributed by atoms with Crippen molar-refractivity contribution in [2.45, 2.75) is 42.6 Å². The van der Waals surface area contributed by atoms with Crippen molar-refractivity contribution in [2.75, 3.05) is 44.7 Å². The Hall–Kier alpha value is -3.14. The van der Waals surface area contributed by atoms with Gasteiger partial charge in [-0.05, 0) is 43.0 Å². The van der Waals surface area contributed by atoms with Crippen LogP contribution < -0.4 is 20.5 Å². The van der Waals surface area contributed by atoms with Crippen LogP contribution in [0.25, 0.3) is 0 Å². The molecule has 0 N–H and O–H groups in total. The molecule has 42 heavy (non-hydrogen) atoms. The average molecular weight is 616 g/mol. The Morgan fingerprint density at radius 1 is 1.12 bits per heavy atom. The maximum Gasteiger partial charge on any atom is 0.278 e. The highest BCUT2D eigenvalue weighted by molar-refractivity contribution is 7.98. The van der Waals surface area contributed by atoms with E-state index in [4.69, 9.17) is 9.47 Å². The lowest BCUT2D eigenvalue weighted by Crippen LogP contribution is -2.67. The van der Waals surface area contributed by atoms with Gasteiger partial charge in [0.25, 0.3) is 5.91 Å². The first kappa shape index (κ1) is 29.0. The normalized spacial score (nSPS) is 19.9. The van der Waals surface area contributed by atoms with Crippen molar-refractivity contribution in [3.05, 3.63) is 86.8 Å². The second kappa shape index (κ2) is 11.2. The van der Waals surface area contributed by atoms with Crippen molar-refractivity contribution in [1.29, 1.82) is 0 Å². The molecule has 1 fully saturated rings. The van der Waals surface area contributed by atoms with Gasteiger partial charge in [-0.25, -0.2) is 8.78 Å². The summed E-state index contributed by atoms with van der Waals surface area (Å²) in [5, 5.41) is 1.92. The van der Waals surface area contributed by atoms with Gasteiger partial charge in [0.1, 0.15) is 13.3 Å². The fraction of sp³-hybridized carbons (Fsp3) is 0.400. The van der Waals surface area contributed by atoms with Crippen molar-refractivity contribution in [3.8, 4) is 5.75 Å². The third-order valence-corrected chi connectivity index (χ3v) is 10.5. The maximum atomic E-state index is 15.4. The van der Waals surface area contributed by atoms with Crippen LogP contribution in [0.3, 0.4) is 0 Å². The molecule has 1 amide bonds. The van der Waals surface area contributed by atoms with Crippen LogP contribution in [0.1, 0.15) is 53.0 Å². The molecule has 4 heterocycles. The van der Waals surface area contributed by atoms with E-state index >= 15 is 4.39 Å². The lowest BCUT2D eigenvalue weighted by molar-refractivity contribution is -0.0198. The molecule has 2 atom stereocenters. The summed E-state index contributed by atoms with van der Waals surface area (Å²) in [6.07, 6.45) is 2.27. The third kappa shape index (κ3) is 4.75. The van der Waals surface area contributed by atoms with Gasteiger partial charge < -0.3 is 18.9 Å². The number of carbonyl (C=O) groups excluding carboxylic acids is 1. The Kier molecular flexibility index (Phi) is 7.70. The molecule has 6 rings (SSSR count). The minimum absolute atomic E-state index is 0.0185. The second-order valence-corrected chi connectivity index (χ2v) is 15.2. The van der Waals surface area contributed by atoms with E-state index in [1.165, 1.54) is 31.3 Å². The van der Waals surface area contributed by atoms with E-state index in [1.807, 2.05) is 36.2 Å². The summed E-state index contributed by atoms with van der Waals surface area (Å²) >= 11 is 1.41. The molecule has 8 nitrogen and oxygen atoms in total. The number of hydrogen-bond acceptors (Lipinski definition) is 7. The molecule has 3 aliphatic rings. The van der Waals surface area contributed by atoms with Crippen LogP contribution in [0.4, 0.5) is 8.78 Å². The van der Waals surface area contributed by atoms with E-state index < -0.39 is 42.3 Å². The molecule has 1 saturated heterocycles. The summed E-state index contributed by atoms with van der Waals surface area (Å²) < 4.78 is 56.9. The van der Waals surface area contributed by atoms with Crippen LogP contribution in [0.5, 0.6) is 5.75 Å². The number of aromatic nitrogens is 1. The number of pyridine rings is 1. The lowest BCUT2D eigenvalue weighted by Gasteiger charge is -2.51. The van der Waals surface area contributed by atoms with E-state index in [2.05, 4.69) is 0 Å². The summed E-state index contributed by atoms with van der Waals surface area (Å²) in [6, 6.07) is 9.62. The predicted molar refractivity (Wildman–Crippen MR) is 158 cm³/mol. The summed E-state index contributed by atoms with van der Waals surface area (Å²) in [5.41, 5.74) is 1.02. The predicted octanol–water partition coefficient (Wildman–Crippen LogP) is 4.70. The van der Waals surface area contributed by atoms with E-state index in [1.54, 1.807) is 15.6 Å². The van der Waals surface area contributed by atoms with Crippen molar-refractivity contribution in [3.63, 3.8) is 0 Å². The van der Waals surface area contributed by atoms with Crippen LogP contribution in [0, 0.1) is 11.6 Å². The van der Waals surface area contributed by atoms with Gasteiger partial charge >= 0.3 is 0 Å². The van der Waals surface area contributed by atoms with Crippen molar-refractivity contribution < 1.29 is 27.6 Å². The molecule has 0 radical (unpaired) electrons. The molecular formula is C30H32F2N3O5PS. The number of thioether (sulfide) groups is 1. The first-order valence-electron chi connectivity index (χ1n) is 14.0. The number of benzene rings is 2. The molecule has 0 spiro atoms. The van der Waals surface area contributed by atoms with E-state index in [0.29, 0.717) is 18.6 Å². The van der Waals surface area contributed by atoms with Gasteiger partial charge in [-0.1, -0.05) is 37.6 Å². The van der Waals surface area contributed by atoms with Gasteiger partial charge in [-0.15, -0.1) is 11.8 Å². The maximum absolute atomic E-state index is 15.4. The smallest absolute Gasteiger partial charge is 0.278 e. The molecule has 0 saturated carbocycles. The SMILES string of the molecule is CCCCOc1c2n(cc(P(C)(C)=O)c1=O)N(C1c3ccccc3SCc3c1ccc(F)c3F)C1COCCN1C2=O. The molecule has 2 aromatic carbocycles. The molecule has 2 unspecified atom stereocenters. The number of rotatable bonds is 6. The molecule has 3 aromatic rings. The number of amides is 1. The third-order valence-electron chi connectivity index (χ3n) is 7.95. The van der Waals surface area contributed by atoms with Crippen LogP contribution >= 0.6 is 18.9 Å². The van der Waals surface area contributed by atoms with Crippen LogP contribution in [0.2, 0.25) is 0 Å². The zero-order valence-electron chi connectivity index (χ0n) is 23.6. The van der Waals surface area contributed by atoms with Gasteiger partial charge in [0.05, 0.1) is 31.2 Å². The summed E-state index contributed by atoms with van der Waals surface area (Å²) in [6.45, 7) is 5.90. The van der Waals surface area contributed by atoms with Gasteiger partial charge in [0.2, 0.25) is 5.43 Å². The highest BCUT2D eigenvalue weighted by atomic mass is 32.2. The Labute approximate surface area is 246 Å². The monoisotopic (exact) mass is 615 g/mol. The fourth-order valence-corrected chi connectivity index (χ4v) is 7.95. The number of ether oxygens (including phenoxy) is 2. The van der Waals surface area contributed by atoms with E-state index in [0.717, 1.165) is 22.9 Å². The largest absolute Gasteiger partial charge is 0.487 e. The molecular weight excluding hydrogens is 583 g/mol. The van der Waals surface area contributed by atoms with Crippen molar-refractivity contribution >= 4 is 30.1 Å². The molecule has 3 aliphatic heterocycles. The first-order chi connectivity index (χ1) is 20.1. The number of halogens is 2. The van der Waals surface area contributed by atoms with Crippen molar-refractivity contribution in [1.82, 2.24) is 9.58 Å². The van der Waals surface area contributed by atoms with Crippen LogP contribution in [0.15, 0.2) is 52.3 Å². The topological polar surface area (TPSA) is 81.1 Å². The molecule has 222 valence electrons. The summed E-state index contributed by atoms with van der Waals surface area (Å²) in [5.74, 6) is -2.20. The van der Waals surface area contributed by atoms with Gasteiger partial charge in [0.15, 0.2) is 23.1 Å². The number of nitrogens with zero attached hydrogens (tertiary/aromatic N) is 3. The lowest BCUT2D eigenvalue weighted by atomic mass is 9.93. The number of unbranched alkanes of at least 4 members (excludes halogenated alkanes) is 1. The van der Waals surface area contributed by atoms with Crippen LogP contribution in [-0.4, -0.2) is 61.3 Å². The molecule has 12 heteroatoms. The highest BCUT2D eigenvalue weighted by Crippen LogP contribution is 2.45. The van der Waals surface area contributed by atoms with E-state index in [-0.39, 0.29) is 47.8 Å². The minimum Gasteiger partial charge on any atom is -0.487 e. The van der Waals surface area contributed by atoms with Crippen molar-refractivity contribution in [2.24, 2.45) is 0 Å². The first-order valence-corrected chi connectivity index (χ1v) is 17.6. The van der Waals surface area contributed by atoms with Gasteiger partial charge in [-0.2, -0.15) is 0 Å². The fourth-order valence-electron chi connectivity index (χ4n) is 5.85. The Bertz CT molecular complexity index is 1680. The standard InChI is InChI=1S/C30H32F2N3O5PS/c1-4-5-13-40-29-27-30(37)33-12-14-39-16-24(33)35(34(27)15-22(28(29)36)41(2,3)38)26-18-10-11-21(31)25(32)20(18)17-42-23-9-7-6-8-19(23)26/h6-11,15,24,26H,4-5,12-14,16-17H2,1-3H3. The molecule has 1 aromatic heterocycles. The highest BCUT2D eigenvalue weighted by Gasteiger charge is 2.47. The summed E-state index contributed by atoms with van der Waals surface area (Å²) in [4.78, 5) is 30.4. The zero-order chi connectivity index (χ0) is 29.8. The Morgan fingerprint density at radius 2 is 1.90 bits per heavy atom. The number of hydrogen-bond donors (Lipinski definition) is 0. The Balaban J connectivity index is 1.69. The van der Waals surface area contributed by atoms with Crippen LogP contribution in [-0.2, 0) is 15.1 Å². The average Bonchev–Trinajstić information content (AvgIpc) is 3.13. The van der Waals surface area contributed by atoms with Gasteiger partial charge in [-0.3, -0.25) is 19.3 Å². The quantitative estimate of drug-likeness (QED) is 0.294. The number of carbonyl (C=O) groups is 1. The van der Waals surface area contributed by atoms with E-state index in [9.17, 15) is 18.5 Å².